The van der Waals surface area contributed by atoms with Gasteiger partial charge in [-0.15, -0.1) is 0 Å². The second-order valence-electron chi connectivity index (χ2n) is 5.72. The van der Waals surface area contributed by atoms with Crippen LogP contribution >= 0.6 is 0 Å². The van der Waals surface area contributed by atoms with Crippen LogP contribution in [0.3, 0.4) is 0 Å². The molecule has 2 atom stereocenters. The molecule has 0 bridgehead atoms. The van der Waals surface area contributed by atoms with Gasteiger partial charge < -0.3 is 5.11 Å². The highest BCUT2D eigenvalue weighted by molar-refractivity contribution is 6.08. The minimum absolute atomic E-state index is 0.119. The number of aliphatic hydroxyl groups is 1. The fourth-order valence-corrected chi connectivity index (χ4v) is 2.69. The Morgan fingerprint density at radius 1 is 1.30 bits per heavy atom. The summed E-state index contributed by atoms with van der Waals surface area (Å²) in [5.41, 5.74) is 0.139. The van der Waals surface area contributed by atoms with Gasteiger partial charge in [0.1, 0.15) is 0 Å². The Morgan fingerprint density at radius 3 is 2.55 bits per heavy atom. The van der Waals surface area contributed by atoms with Crippen LogP contribution in [0.15, 0.2) is 30.3 Å². The highest BCUT2D eigenvalue weighted by Gasteiger charge is 2.48. The van der Waals surface area contributed by atoms with Gasteiger partial charge in [-0.2, -0.15) is 0 Å². The van der Waals surface area contributed by atoms with E-state index in [1.54, 1.807) is 6.92 Å². The number of rotatable bonds is 5. The van der Waals surface area contributed by atoms with Crippen molar-refractivity contribution in [2.45, 2.75) is 44.6 Å². The third-order valence-corrected chi connectivity index (χ3v) is 3.94. The third kappa shape index (κ3) is 2.75. The molecule has 2 amide bonds. The molecule has 0 spiro atoms. The second kappa shape index (κ2) is 5.75. The van der Waals surface area contributed by atoms with Gasteiger partial charge in [0.2, 0.25) is 11.8 Å². The normalized spacial score (nSPS) is 24.2. The molecule has 2 unspecified atom stereocenters. The first-order valence-electron chi connectivity index (χ1n) is 7.03. The number of nitrogens with zero attached hydrogens (tertiary/aromatic N) is 1. The van der Waals surface area contributed by atoms with E-state index in [-0.39, 0.29) is 18.2 Å². The van der Waals surface area contributed by atoms with Crippen LogP contribution in [-0.2, 0) is 15.0 Å². The van der Waals surface area contributed by atoms with Gasteiger partial charge in [-0.1, -0.05) is 30.3 Å². The summed E-state index contributed by atoms with van der Waals surface area (Å²) in [4.78, 5) is 26.0. The number of amides is 2. The Bertz CT molecular complexity index is 498. The molecule has 1 aliphatic heterocycles. The number of benzene rings is 1. The van der Waals surface area contributed by atoms with Crippen molar-refractivity contribution in [2.75, 3.05) is 6.54 Å². The maximum atomic E-state index is 12.6. The quantitative estimate of drug-likeness (QED) is 0.835. The fourth-order valence-electron chi connectivity index (χ4n) is 2.69. The van der Waals surface area contributed by atoms with Crippen molar-refractivity contribution in [1.82, 2.24) is 4.90 Å². The van der Waals surface area contributed by atoms with E-state index in [1.807, 2.05) is 37.3 Å². The molecule has 1 N–H and O–H groups in total. The molecular weight excluding hydrogens is 254 g/mol. The van der Waals surface area contributed by atoms with E-state index in [9.17, 15) is 14.7 Å². The van der Waals surface area contributed by atoms with Crippen LogP contribution in [0.2, 0.25) is 0 Å². The molecule has 0 aliphatic carbocycles. The van der Waals surface area contributed by atoms with E-state index >= 15 is 0 Å². The molecule has 0 aromatic heterocycles. The Kier molecular flexibility index (Phi) is 4.23. The highest BCUT2D eigenvalue weighted by atomic mass is 16.3. The van der Waals surface area contributed by atoms with E-state index in [1.165, 1.54) is 4.90 Å². The fraction of sp³-hybridized carbons (Fsp3) is 0.500. The number of carbonyl (C=O) groups excluding carboxylic acids is 2. The summed E-state index contributed by atoms with van der Waals surface area (Å²) >= 11 is 0. The van der Waals surface area contributed by atoms with E-state index in [0.717, 1.165) is 5.56 Å². The monoisotopic (exact) mass is 275 g/mol. The number of carbonyl (C=O) groups is 2. The topological polar surface area (TPSA) is 57.6 Å². The van der Waals surface area contributed by atoms with Gasteiger partial charge in [0.15, 0.2) is 0 Å². The molecule has 108 valence electrons. The van der Waals surface area contributed by atoms with Gasteiger partial charge in [0.25, 0.3) is 0 Å². The number of likely N-dealkylation sites (tertiary alicyclic amines) is 1. The zero-order chi connectivity index (χ0) is 14.8. The average Bonchev–Trinajstić information content (AvgIpc) is 2.64. The molecule has 4 heteroatoms. The lowest BCUT2D eigenvalue weighted by atomic mass is 9.81. The molecule has 1 aromatic carbocycles. The molecule has 1 fully saturated rings. The van der Waals surface area contributed by atoms with E-state index in [2.05, 4.69) is 0 Å². The van der Waals surface area contributed by atoms with Gasteiger partial charge in [0, 0.05) is 13.0 Å². The van der Waals surface area contributed by atoms with Gasteiger partial charge in [-0.05, 0) is 32.3 Å². The largest absolute Gasteiger partial charge is 0.393 e. The SMILES string of the molecule is CC(O)CCCN1C(=O)CC(C)(c2ccccc2)C1=O. The van der Waals surface area contributed by atoms with Gasteiger partial charge >= 0.3 is 0 Å². The Morgan fingerprint density at radius 2 is 1.95 bits per heavy atom. The number of imide groups is 1. The van der Waals surface area contributed by atoms with Crippen molar-refractivity contribution in [1.29, 1.82) is 0 Å². The van der Waals surface area contributed by atoms with Crippen molar-refractivity contribution >= 4 is 11.8 Å². The Hall–Kier alpha value is -1.68. The third-order valence-electron chi connectivity index (χ3n) is 3.94. The first-order valence-corrected chi connectivity index (χ1v) is 7.03. The molecule has 1 aromatic rings. The van der Waals surface area contributed by atoms with Crippen LogP contribution in [0, 0.1) is 0 Å². The van der Waals surface area contributed by atoms with Crippen LogP contribution in [0.4, 0.5) is 0 Å². The Labute approximate surface area is 119 Å². The van der Waals surface area contributed by atoms with Crippen LogP contribution in [0.1, 0.15) is 38.7 Å². The van der Waals surface area contributed by atoms with Crippen molar-refractivity contribution in [3.05, 3.63) is 35.9 Å². The van der Waals surface area contributed by atoms with Gasteiger partial charge in [0.05, 0.1) is 11.5 Å². The lowest BCUT2D eigenvalue weighted by Gasteiger charge is -2.22. The van der Waals surface area contributed by atoms with Crippen LogP contribution in [0.5, 0.6) is 0 Å². The maximum Gasteiger partial charge on any atom is 0.240 e. The zero-order valence-electron chi connectivity index (χ0n) is 12.0. The summed E-state index contributed by atoms with van der Waals surface area (Å²) < 4.78 is 0. The maximum absolute atomic E-state index is 12.6. The number of hydrogen-bond acceptors (Lipinski definition) is 3. The Balaban J connectivity index is 2.12. The molecule has 0 radical (unpaired) electrons. The van der Waals surface area contributed by atoms with Crippen LogP contribution < -0.4 is 0 Å². The summed E-state index contributed by atoms with van der Waals surface area (Å²) in [7, 11) is 0. The summed E-state index contributed by atoms with van der Waals surface area (Å²) in [5.74, 6) is -0.244. The average molecular weight is 275 g/mol. The highest BCUT2D eigenvalue weighted by Crippen LogP contribution is 2.36. The van der Waals surface area contributed by atoms with Gasteiger partial charge in [-0.25, -0.2) is 0 Å². The lowest BCUT2D eigenvalue weighted by molar-refractivity contribution is -0.139. The molecule has 2 rings (SSSR count). The van der Waals surface area contributed by atoms with Crippen LogP contribution in [0.25, 0.3) is 0 Å². The molecule has 20 heavy (non-hydrogen) atoms. The lowest BCUT2D eigenvalue weighted by Crippen LogP contribution is -2.37. The first-order chi connectivity index (χ1) is 9.45. The summed E-state index contributed by atoms with van der Waals surface area (Å²) in [6.07, 6.45) is 1.06. The van der Waals surface area contributed by atoms with Gasteiger partial charge in [-0.3, -0.25) is 14.5 Å². The molecule has 1 saturated heterocycles. The van der Waals surface area contributed by atoms with Crippen molar-refractivity contribution in [2.24, 2.45) is 0 Å². The summed E-state index contributed by atoms with van der Waals surface area (Å²) in [6, 6.07) is 9.45. The van der Waals surface area contributed by atoms with E-state index in [4.69, 9.17) is 0 Å². The van der Waals surface area contributed by atoms with E-state index < -0.39 is 11.5 Å². The molecule has 1 heterocycles. The first kappa shape index (κ1) is 14.7. The molecule has 4 nitrogen and oxygen atoms in total. The van der Waals surface area contributed by atoms with Crippen molar-refractivity contribution < 1.29 is 14.7 Å². The molecular formula is C16H21NO3. The zero-order valence-corrected chi connectivity index (χ0v) is 12.0. The second-order valence-corrected chi connectivity index (χ2v) is 5.72. The van der Waals surface area contributed by atoms with Crippen LogP contribution in [-0.4, -0.2) is 34.5 Å². The molecule has 0 saturated carbocycles. The molecule has 1 aliphatic rings. The predicted molar refractivity (Wildman–Crippen MR) is 76.0 cm³/mol. The van der Waals surface area contributed by atoms with Crippen molar-refractivity contribution in [3.63, 3.8) is 0 Å². The summed E-state index contributed by atoms with van der Waals surface area (Å²) in [5, 5.41) is 9.25. The minimum Gasteiger partial charge on any atom is -0.393 e. The number of hydrogen-bond donors (Lipinski definition) is 1. The standard InChI is InChI=1S/C16H21NO3/c1-12(18)7-6-10-17-14(19)11-16(2,15(17)20)13-8-4-3-5-9-13/h3-5,8-9,12,18H,6-7,10-11H2,1-2H3. The number of aliphatic hydroxyl groups excluding tert-OH is 1. The predicted octanol–water partition coefficient (Wildman–Crippen LogP) is 1.86. The smallest absolute Gasteiger partial charge is 0.240 e. The van der Waals surface area contributed by atoms with E-state index in [0.29, 0.717) is 19.4 Å². The van der Waals surface area contributed by atoms with Crippen molar-refractivity contribution in [3.8, 4) is 0 Å². The summed E-state index contributed by atoms with van der Waals surface area (Å²) in [6.45, 7) is 3.93. The minimum atomic E-state index is -0.747.